The molecule has 0 aliphatic rings. The molecule has 0 aliphatic heterocycles. The van der Waals surface area contributed by atoms with Gasteiger partial charge in [-0.05, 0) is 70.3 Å². The lowest BCUT2D eigenvalue weighted by Gasteiger charge is -2.14. The first-order chi connectivity index (χ1) is 21.3. The Labute approximate surface area is 255 Å². The van der Waals surface area contributed by atoms with Crippen LogP contribution in [-0.2, 0) is 0 Å². The quantitative estimate of drug-likeness (QED) is 0.179. The molecule has 0 amide bonds. The van der Waals surface area contributed by atoms with E-state index in [9.17, 15) is 0 Å². The largest absolute Gasteiger partial charge is 0.317 e. The second-order valence-corrected chi connectivity index (χ2v) is 13.4. The van der Waals surface area contributed by atoms with Crippen molar-refractivity contribution in [3.05, 3.63) is 140 Å². The highest BCUT2D eigenvalue weighted by atomic mass is 32.1. The standard InChI is InChI=1S/C40H23NS2/c1-2-9-26(10-3-1)41-20-19-24-21-25-22-34(31-14-8-13-30-27-11-4-6-15-36(27)42-39(30)31)29-17-18-32-28-12-5-7-16-37(28)43-40(32)38(29)33(25)23-35(24)41/h1-23H. The lowest BCUT2D eigenvalue weighted by Crippen LogP contribution is -1.91. The van der Waals surface area contributed by atoms with Gasteiger partial charge in [-0.15, -0.1) is 22.7 Å². The summed E-state index contributed by atoms with van der Waals surface area (Å²) in [7, 11) is 0. The second kappa shape index (κ2) is 8.78. The van der Waals surface area contributed by atoms with Gasteiger partial charge < -0.3 is 4.57 Å². The molecule has 0 bridgehead atoms. The van der Waals surface area contributed by atoms with E-state index in [4.69, 9.17) is 0 Å². The molecular formula is C40H23NS2. The van der Waals surface area contributed by atoms with Gasteiger partial charge in [0, 0.05) is 68.6 Å². The van der Waals surface area contributed by atoms with Crippen molar-refractivity contribution >= 4 is 95.5 Å². The van der Waals surface area contributed by atoms with Crippen LogP contribution in [-0.4, -0.2) is 4.57 Å². The molecule has 0 spiro atoms. The Balaban J connectivity index is 1.38. The molecule has 200 valence electrons. The maximum Gasteiger partial charge on any atom is 0.0535 e. The summed E-state index contributed by atoms with van der Waals surface area (Å²) in [6.07, 6.45) is 2.20. The van der Waals surface area contributed by atoms with Crippen molar-refractivity contribution < 1.29 is 0 Å². The van der Waals surface area contributed by atoms with Gasteiger partial charge in [0.05, 0.1) is 5.52 Å². The van der Waals surface area contributed by atoms with Crippen molar-refractivity contribution in [1.29, 1.82) is 0 Å². The zero-order chi connectivity index (χ0) is 28.1. The Kier molecular flexibility index (Phi) is 4.81. The minimum atomic E-state index is 1.18. The predicted molar refractivity (Wildman–Crippen MR) is 190 cm³/mol. The zero-order valence-electron chi connectivity index (χ0n) is 23.0. The van der Waals surface area contributed by atoms with Gasteiger partial charge in [0.1, 0.15) is 0 Å². The van der Waals surface area contributed by atoms with Gasteiger partial charge in [0.15, 0.2) is 0 Å². The summed E-state index contributed by atoms with van der Waals surface area (Å²) in [5.74, 6) is 0. The number of benzene rings is 7. The molecule has 0 aliphatic carbocycles. The van der Waals surface area contributed by atoms with Crippen molar-refractivity contribution in [2.24, 2.45) is 0 Å². The number of hydrogen-bond acceptors (Lipinski definition) is 2. The number of thiophene rings is 2. The molecule has 3 aromatic heterocycles. The summed E-state index contributed by atoms with van der Waals surface area (Å²) in [5.41, 5.74) is 5.03. The average Bonchev–Trinajstić information content (AvgIpc) is 3.76. The summed E-state index contributed by atoms with van der Waals surface area (Å²) in [4.78, 5) is 0. The van der Waals surface area contributed by atoms with Crippen LogP contribution >= 0.6 is 22.7 Å². The fourth-order valence-electron chi connectivity index (χ4n) is 7.05. The van der Waals surface area contributed by atoms with E-state index in [0.29, 0.717) is 0 Å². The van der Waals surface area contributed by atoms with Crippen LogP contribution in [0, 0.1) is 0 Å². The second-order valence-electron chi connectivity index (χ2n) is 11.3. The predicted octanol–water partition coefficient (Wildman–Crippen LogP) is 12.3. The van der Waals surface area contributed by atoms with Gasteiger partial charge in [-0.2, -0.15) is 0 Å². The molecule has 43 heavy (non-hydrogen) atoms. The Bertz CT molecular complexity index is 2720. The summed E-state index contributed by atoms with van der Waals surface area (Å²) in [6, 6.07) is 49.4. The van der Waals surface area contributed by atoms with E-state index in [2.05, 4.69) is 144 Å². The van der Waals surface area contributed by atoms with Crippen molar-refractivity contribution in [3.8, 4) is 16.8 Å². The third-order valence-corrected chi connectivity index (χ3v) is 11.4. The first-order valence-corrected chi connectivity index (χ1v) is 16.2. The van der Waals surface area contributed by atoms with Crippen LogP contribution in [0.5, 0.6) is 0 Å². The first kappa shape index (κ1) is 23.6. The van der Waals surface area contributed by atoms with Gasteiger partial charge in [0.2, 0.25) is 0 Å². The lowest BCUT2D eigenvalue weighted by atomic mass is 9.91. The average molecular weight is 582 g/mol. The van der Waals surface area contributed by atoms with Crippen LogP contribution in [0.15, 0.2) is 140 Å². The van der Waals surface area contributed by atoms with Gasteiger partial charge in [-0.25, -0.2) is 0 Å². The molecule has 0 saturated carbocycles. The summed E-state index contributed by atoms with van der Waals surface area (Å²) >= 11 is 3.83. The molecule has 1 nitrogen and oxygen atoms in total. The fraction of sp³-hybridized carbons (Fsp3) is 0. The normalized spacial score (nSPS) is 12.2. The minimum absolute atomic E-state index is 1.18. The molecule has 0 atom stereocenters. The van der Waals surface area contributed by atoms with E-state index >= 15 is 0 Å². The summed E-state index contributed by atoms with van der Waals surface area (Å²) in [6.45, 7) is 0. The van der Waals surface area contributed by atoms with Crippen molar-refractivity contribution in [2.45, 2.75) is 0 Å². The van der Waals surface area contributed by atoms with Crippen LogP contribution in [0.3, 0.4) is 0 Å². The maximum atomic E-state index is 2.44. The van der Waals surface area contributed by atoms with E-state index in [1.54, 1.807) is 0 Å². The SMILES string of the molecule is c1ccc(-n2ccc3cc4cc(-c5cccc6c5sc5ccccc56)c5ccc6c7ccccc7sc6c5c4cc32)cc1. The van der Waals surface area contributed by atoms with Crippen LogP contribution in [0.2, 0.25) is 0 Å². The van der Waals surface area contributed by atoms with E-state index in [-0.39, 0.29) is 0 Å². The van der Waals surface area contributed by atoms with Gasteiger partial charge in [-0.1, -0.05) is 84.9 Å². The number of fused-ring (bicyclic) bond motifs is 11. The highest BCUT2D eigenvalue weighted by Gasteiger charge is 2.18. The molecule has 3 heteroatoms. The fourth-order valence-corrected chi connectivity index (χ4v) is 9.54. The molecular weight excluding hydrogens is 559 g/mol. The summed E-state index contributed by atoms with van der Waals surface area (Å²) in [5, 5.41) is 11.9. The van der Waals surface area contributed by atoms with Gasteiger partial charge in [-0.3, -0.25) is 0 Å². The molecule has 0 radical (unpaired) electrons. The van der Waals surface area contributed by atoms with E-state index in [1.807, 2.05) is 22.7 Å². The maximum absolute atomic E-state index is 2.44. The van der Waals surface area contributed by atoms with Gasteiger partial charge >= 0.3 is 0 Å². The zero-order valence-corrected chi connectivity index (χ0v) is 24.7. The highest BCUT2D eigenvalue weighted by molar-refractivity contribution is 7.27. The van der Waals surface area contributed by atoms with Crippen molar-refractivity contribution in [1.82, 2.24) is 4.57 Å². The molecule has 0 fully saturated rings. The van der Waals surface area contributed by atoms with E-state index in [0.717, 1.165) is 0 Å². The smallest absolute Gasteiger partial charge is 0.0535 e. The Morgan fingerprint density at radius 3 is 1.91 bits per heavy atom. The van der Waals surface area contributed by atoms with Crippen molar-refractivity contribution in [2.75, 3.05) is 0 Å². The Morgan fingerprint density at radius 1 is 0.419 bits per heavy atom. The van der Waals surface area contributed by atoms with Crippen LogP contribution in [0.25, 0.3) is 89.6 Å². The van der Waals surface area contributed by atoms with Crippen LogP contribution in [0.4, 0.5) is 0 Å². The molecule has 0 unspecified atom stereocenters. The molecule has 10 rings (SSSR count). The van der Waals surface area contributed by atoms with E-state index < -0.39 is 0 Å². The topological polar surface area (TPSA) is 4.93 Å². The van der Waals surface area contributed by atoms with Crippen LogP contribution < -0.4 is 0 Å². The minimum Gasteiger partial charge on any atom is -0.317 e. The monoisotopic (exact) mass is 581 g/mol. The highest BCUT2D eigenvalue weighted by Crippen LogP contribution is 2.47. The molecule has 0 N–H and O–H groups in total. The molecule has 0 saturated heterocycles. The number of hydrogen-bond donors (Lipinski definition) is 0. The lowest BCUT2D eigenvalue weighted by molar-refractivity contribution is 1.13. The molecule has 3 heterocycles. The molecule has 10 aromatic rings. The van der Waals surface area contributed by atoms with Crippen molar-refractivity contribution in [3.63, 3.8) is 0 Å². The molecule has 7 aromatic carbocycles. The Hall–Kier alpha value is -4.96. The van der Waals surface area contributed by atoms with E-state index in [1.165, 1.54) is 89.6 Å². The number of rotatable bonds is 2. The third-order valence-electron chi connectivity index (χ3n) is 9.00. The summed E-state index contributed by atoms with van der Waals surface area (Å²) < 4.78 is 7.72. The number of aromatic nitrogens is 1. The first-order valence-electron chi connectivity index (χ1n) is 14.6. The van der Waals surface area contributed by atoms with Crippen LogP contribution in [0.1, 0.15) is 0 Å². The number of para-hydroxylation sites is 1. The third kappa shape index (κ3) is 3.32. The van der Waals surface area contributed by atoms with Gasteiger partial charge in [0.25, 0.3) is 0 Å². The Morgan fingerprint density at radius 2 is 1.09 bits per heavy atom. The number of nitrogens with zero attached hydrogens (tertiary/aromatic N) is 1.